The topological polar surface area (TPSA) is 41.5 Å². The molecular formula is C16H23F2NO2. The zero-order chi connectivity index (χ0) is 15.4. The Morgan fingerprint density at radius 3 is 2.67 bits per heavy atom. The van der Waals surface area contributed by atoms with Crippen molar-refractivity contribution in [3.05, 3.63) is 29.3 Å². The summed E-state index contributed by atoms with van der Waals surface area (Å²) in [5, 5.41) is 12.6. The fraction of sp³-hybridized carbons (Fsp3) is 0.625. The second-order valence-electron chi connectivity index (χ2n) is 5.76. The molecule has 1 aromatic carbocycles. The van der Waals surface area contributed by atoms with E-state index in [-0.39, 0.29) is 24.4 Å². The number of hydrogen-bond donors (Lipinski definition) is 2. The molecule has 5 heteroatoms. The summed E-state index contributed by atoms with van der Waals surface area (Å²) in [6, 6.07) is 5.35. The minimum absolute atomic E-state index is 0.101. The molecule has 1 saturated carbocycles. The molecule has 21 heavy (non-hydrogen) atoms. The first-order chi connectivity index (χ1) is 10.0. The Morgan fingerprint density at radius 1 is 1.38 bits per heavy atom. The van der Waals surface area contributed by atoms with Crippen LogP contribution in [0.1, 0.15) is 43.4 Å². The summed E-state index contributed by atoms with van der Waals surface area (Å²) in [6.45, 7) is 1.18. The molecule has 2 N–H and O–H groups in total. The number of ether oxygens (including phenoxy) is 1. The van der Waals surface area contributed by atoms with E-state index in [4.69, 9.17) is 5.11 Å². The lowest BCUT2D eigenvalue weighted by Crippen LogP contribution is -2.34. The van der Waals surface area contributed by atoms with Crippen molar-refractivity contribution >= 4 is 0 Å². The molecule has 0 radical (unpaired) electrons. The summed E-state index contributed by atoms with van der Waals surface area (Å²) in [5.74, 6) is 0.804. The molecule has 0 heterocycles. The minimum Gasteiger partial charge on any atom is -0.434 e. The molecule has 118 valence electrons. The monoisotopic (exact) mass is 299 g/mol. The van der Waals surface area contributed by atoms with E-state index >= 15 is 0 Å². The highest BCUT2D eigenvalue weighted by atomic mass is 19.3. The van der Waals surface area contributed by atoms with Gasteiger partial charge < -0.3 is 15.2 Å². The van der Waals surface area contributed by atoms with E-state index < -0.39 is 6.61 Å². The third-order valence-corrected chi connectivity index (χ3v) is 3.94. The Balaban J connectivity index is 2.12. The van der Waals surface area contributed by atoms with Crippen LogP contribution < -0.4 is 10.1 Å². The van der Waals surface area contributed by atoms with E-state index in [9.17, 15) is 8.78 Å². The number of nitrogens with one attached hydrogen (secondary N) is 1. The van der Waals surface area contributed by atoms with Gasteiger partial charge in [-0.05, 0) is 45.1 Å². The molecular weight excluding hydrogens is 276 g/mol. The number of rotatable bonds is 8. The third kappa shape index (κ3) is 4.64. The van der Waals surface area contributed by atoms with Gasteiger partial charge in [0.1, 0.15) is 5.75 Å². The number of benzene rings is 1. The molecule has 0 amide bonds. The molecule has 0 bridgehead atoms. The van der Waals surface area contributed by atoms with Crippen LogP contribution in [0.25, 0.3) is 0 Å². The van der Waals surface area contributed by atoms with Gasteiger partial charge in [0.05, 0.1) is 0 Å². The van der Waals surface area contributed by atoms with Crippen molar-refractivity contribution in [2.24, 2.45) is 5.92 Å². The number of hydrogen-bond acceptors (Lipinski definition) is 3. The normalized spacial score (nSPS) is 17.8. The van der Waals surface area contributed by atoms with Gasteiger partial charge in [-0.15, -0.1) is 0 Å². The summed E-state index contributed by atoms with van der Waals surface area (Å²) in [6.07, 6.45) is 3.02. The molecule has 0 spiro atoms. The van der Waals surface area contributed by atoms with Gasteiger partial charge in [0.2, 0.25) is 0 Å². The van der Waals surface area contributed by atoms with Crippen LogP contribution in [0.3, 0.4) is 0 Å². The van der Waals surface area contributed by atoms with Gasteiger partial charge in [-0.25, -0.2) is 0 Å². The smallest absolute Gasteiger partial charge is 0.387 e. The summed E-state index contributed by atoms with van der Waals surface area (Å²) in [7, 11) is 0. The molecule has 1 aliphatic carbocycles. The summed E-state index contributed by atoms with van der Waals surface area (Å²) in [4.78, 5) is 0. The van der Waals surface area contributed by atoms with Crippen molar-refractivity contribution in [1.29, 1.82) is 0 Å². The fourth-order valence-electron chi connectivity index (χ4n) is 2.71. The van der Waals surface area contributed by atoms with Crippen molar-refractivity contribution < 1.29 is 18.6 Å². The van der Waals surface area contributed by atoms with Crippen LogP contribution in [-0.2, 0) is 0 Å². The largest absolute Gasteiger partial charge is 0.434 e. The first-order valence-corrected chi connectivity index (χ1v) is 7.43. The molecule has 2 unspecified atom stereocenters. The Hall–Kier alpha value is -1.20. The molecule has 2 rings (SSSR count). The number of halogens is 2. The lowest BCUT2D eigenvalue weighted by Gasteiger charge is -2.25. The predicted molar refractivity (Wildman–Crippen MR) is 77.6 cm³/mol. The maximum Gasteiger partial charge on any atom is 0.387 e. The van der Waals surface area contributed by atoms with Crippen LogP contribution in [-0.4, -0.2) is 24.4 Å². The maximum absolute atomic E-state index is 12.5. The standard InChI is InChI=1S/C16H23F2NO2/c1-10-3-6-15(21-16(17)18)13(9-10)11(2)19-14(7-8-20)12-4-5-12/h3,6,9,11-12,14,16,19-20H,4-5,7-8H2,1-2H3. The van der Waals surface area contributed by atoms with Crippen LogP contribution in [0.5, 0.6) is 5.75 Å². The highest BCUT2D eigenvalue weighted by molar-refractivity contribution is 5.39. The number of alkyl halides is 2. The highest BCUT2D eigenvalue weighted by Crippen LogP contribution is 2.36. The van der Waals surface area contributed by atoms with E-state index in [1.807, 2.05) is 19.9 Å². The van der Waals surface area contributed by atoms with Crippen LogP contribution in [0.2, 0.25) is 0 Å². The predicted octanol–water partition coefficient (Wildman–Crippen LogP) is 3.41. The maximum atomic E-state index is 12.5. The van der Waals surface area contributed by atoms with Gasteiger partial charge in [-0.2, -0.15) is 8.78 Å². The van der Waals surface area contributed by atoms with E-state index in [1.54, 1.807) is 12.1 Å². The Bertz CT molecular complexity index is 464. The molecule has 3 nitrogen and oxygen atoms in total. The fourth-order valence-corrected chi connectivity index (χ4v) is 2.71. The van der Waals surface area contributed by atoms with Crippen LogP contribution in [0.15, 0.2) is 18.2 Å². The molecule has 0 saturated heterocycles. The quantitative estimate of drug-likeness (QED) is 0.773. The van der Waals surface area contributed by atoms with Crippen LogP contribution in [0.4, 0.5) is 8.78 Å². The summed E-state index contributed by atoms with van der Waals surface area (Å²) >= 11 is 0. The SMILES string of the molecule is Cc1ccc(OC(F)F)c(C(C)NC(CCO)C2CC2)c1. The minimum atomic E-state index is -2.82. The molecule has 1 aliphatic rings. The zero-order valence-corrected chi connectivity index (χ0v) is 12.5. The van der Waals surface area contributed by atoms with Crippen molar-refractivity contribution in [3.8, 4) is 5.75 Å². The first-order valence-electron chi connectivity index (χ1n) is 7.43. The second-order valence-corrected chi connectivity index (χ2v) is 5.76. The van der Waals surface area contributed by atoms with Crippen molar-refractivity contribution in [2.45, 2.75) is 51.8 Å². The van der Waals surface area contributed by atoms with Gasteiger partial charge in [0.25, 0.3) is 0 Å². The molecule has 0 aromatic heterocycles. The number of aliphatic hydroxyl groups is 1. The molecule has 1 aromatic rings. The highest BCUT2D eigenvalue weighted by Gasteiger charge is 2.32. The van der Waals surface area contributed by atoms with E-state index in [1.165, 1.54) is 12.8 Å². The lowest BCUT2D eigenvalue weighted by molar-refractivity contribution is -0.0507. The Kier molecular flexibility index (Phi) is 5.53. The second kappa shape index (κ2) is 7.18. The van der Waals surface area contributed by atoms with E-state index in [0.717, 1.165) is 11.1 Å². The van der Waals surface area contributed by atoms with E-state index in [2.05, 4.69) is 10.1 Å². The Morgan fingerprint density at radius 2 is 2.10 bits per heavy atom. The average Bonchev–Trinajstić information content (AvgIpc) is 3.24. The summed E-state index contributed by atoms with van der Waals surface area (Å²) < 4.78 is 29.6. The van der Waals surface area contributed by atoms with Gasteiger partial charge in [-0.1, -0.05) is 17.7 Å². The van der Waals surface area contributed by atoms with Gasteiger partial charge in [0.15, 0.2) is 0 Å². The molecule has 1 fully saturated rings. The van der Waals surface area contributed by atoms with Crippen molar-refractivity contribution in [2.75, 3.05) is 6.61 Å². The average molecular weight is 299 g/mol. The van der Waals surface area contributed by atoms with Gasteiger partial charge >= 0.3 is 6.61 Å². The number of aliphatic hydroxyl groups excluding tert-OH is 1. The lowest BCUT2D eigenvalue weighted by atomic mass is 10.0. The zero-order valence-electron chi connectivity index (χ0n) is 12.5. The van der Waals surface area contributed by atoms with Crippen molar-refractivity contribution in [3.63, 3.8) is 0 Å². The first kappa shape index (κ1) is 16.2. The van der Waals surface area contributed by atoms with Crippen LogP contribution in [0, 0.1) is 12.8 Å². The van der Waals surface area contributed by atoms with Crippen molar-refractivity contribution in [1.82, 2.24) is 5.32 Å². The van der Waals surface area contributed by atoms with Gasteiger partial charge in [-0.3, -0.25) is 0 Å². The summed E-state index contributed by atoms with van der Waals surface area (Å²) in [5.41, 5.74) is 1.74. The van der Waals surface area contributed by atoms with Gasteiger partial charge in [0, 0.05) is 24.3 Å². The Labute approximate surface area is 124 Å². The van der Waals surface area contributed by atoms with E-state index in [0.29, 0.717) is 12.3 Å². The molecule has 2 atom stereocenters. The molecule has 0 aliphatic heterocycles. The third-order valence-electron chi connectivity index (χ3n) is 3.94. The number of aryl methyl sites for hydroxylation is 1. The van der Waals surface area contributed by atoms with Crippen LogP contribution >= 0.6 is 0 Å².